The summed E-state index contributed by atoms with van der Waals surface area (Å²) in [5.74, 6) is 6.61. The summed E-state index contributed by atoms with van der Waals surface area (Å²) in [5, 5.41) is 18.6. The van der Waals surface area contributed by atoms with E-state index in [4.69, 9.17) is 27.8 Å². The summed E-state index contributed by atoms with van der Waals surface area (Å²) in [6, 6.07) is 123. The van der Waals surface area contributed by atoms with Crippen LogP contribution in [0.5, 0.6) is 46.0 Å². The molecule has 128 heavy (non-hydrogen) atoms. The fraction of sp³-hybridized carbons (Fsp3) is 0.102. The van der Waals surface area contributed by atoms with E-state index in [0.717, 1.165) is 216 Å². The number of nitrogens with zero attached hydrogens (tertiary/aromatic N) is 4. The Balaban J connectivity index is 0.000000135. The molecule has 10 nitrogen and oxygen atoms in total. The zero-order chi connectivity index (χ0) is 84.8. The second-order valence-corrected chi connectivity index (χ2v) is 35.4. The molecule has 0 bridgehead atoms. The molecule has 2 aromatic heterocycles. The van der Waals surface area contributed by atoms with Crippen LogP contribution in [0.15, 0.2) is 349 Å². The number of aryl methyl sites for hydroxylation is 2. The van der Waals surface area contributed by atoms with Gasteiger partial charge in [-0.1, -0.05) is 245 Å². The Morgan fingerprint density at radius 1 is 0.203 bits per heavy atom. The van der Waals surface area contributed by atoms with Crippen molar-refractivity contribution in [3.63, 3.8) is 0 Å². The quantitative estimate of drug-likeness (QED) is 0.108. The van der Waals surface area contributed by atoms with Crippen molar-refractivity contribution in [2.75, 3.05) is 19.6 Å². The average molecular weight is 1650 g/mol. The number of benzene rings is 20. The SMILES string of the molecule is CCC1(CC)c2ccccc2-c2cc3c(cc21)N(c1ccc2c4cccc5c(N6c7ccccc7Oc7cc8c(cc76)C(CC)(CC)c6ccccc6-8)ccc(c6cccc1c62)c54)c1ccccc1O3.Cc1ccc2c(N3c4ccccc4Oc4cc5c(cc43)oc3ccccc35)c3cc(C)ccc3c(N3c4ccccc4Oc4cc5c(cc43)oc3ccccc35)c2c1. The third kappa shape index (κ3) is 9.91. The summed E-state index contributed by atoms with van der Waals surface area (Å²) in [4.78, 5) is 9.71. The first-order valence-electron chi connectivity index (χ1n) is 44.9. The molecule has 0 radical (unpaired) electrons. The molecule has 0 fully saturated rings. The van der Waals surface area contributed by atoms with Crippen LogP contribution in [0.25, 0.3) is 131 Å². The fourth-order valence-electron chi connectivity index (χ4n) is 23.3. The number of hydrogen-bond acceptors (Lipinski definition) is 10. The first-order chi connectivity index (χ1) is 63.0. The molecule has 6 aliphatic rings. The van der Waals surface area contributed by atoms with Gasteiger partial charge in [0.15, 0.2) is 46.0 Å². The van der Waals surface area contributed by atoms with Crippen LogP contribution in [0.2, 0.25) is 0 Å². The van der Waals surface area contributed by atoms with Crippen molar-refractivity contribution in [2.24, 2.45) is 0 Å². The van der Waals surface area contributed by atoms with Crippen LogP contribution in [0.3, 0.4) is 0 Å². The lowest BCUT2D eigenvalue weighted by Crippen LogP contribution is -2.24. The minimum atomic E-state index is -0.0718. The minimum absolute atomic E-state index is 0.0718. The molecule has 0 saturated carbocycles. The topological polar surface area (TPSA) is 76.2 Å². The summed E-state index contributed by atoms with van der Waals surface area (Å²) < 4.78 is 40.3. The van der Waals surface area contributed by atoms with Gasteiger partial charge in [0.1, 0.15) is 22.3 Å². The molecule has 6 heterocycles. The van der Waals surface area contributed by atoms with Gasteiger partial charge in [0.25, 0.3) is 0 Å². The van der Waals surface area contributed by atoms with E-state index in [1.54, 1.807) is 0 Å². The maximum atomic E-state index is 6.89. The summed E-state index contributed by atoms with van der Waals surface area (Å²) in [7, 11) is 0. The molecule has 22 aromatic rings. The van der Waals surface area contributed by atoms with Gasteiger partial charge in [0.05, 0.1) is 68.2 Å². The van der Waals surface area contributed by atoms with E-state index in [9.17, 15) is 0 Å². The van der Waals surface area contributed by atoms with Gasteiger partial charge in [-0.2, -0.15) is 0 Å². The molecule has 0 N–H and O–H groups in total. The highest BCUT2D eigenvalue weighted by Crippen LogP contribution is 2.66. The van der Waals surface area contributed by atoms with E-state index in [0.29, 0.717) is 0 Å². The van der Waals surface area contributed by atoms with Crippen molar-refractivity contribution in [1.82, 2.24) is 0 Å². The lowest BCUT2D eigenvalue weighted by atomic mass is 9.73. The van der Waals surface area contributed by atoms with Crippen molar-refractivity contribution >= 4 is 177 Å². The van der Waals surface area contributed by atoms with Gasteiger partial charge in [-0.3, -0.25) is 0 Å². The number of hydrogen-bond donors (Lipinski definition) is 0. The van der Waals surface area contributed by atoms with Crippen molar-refractivity contribution < 1.29 is 27.8 Å². The van der Waals surface area contributed by atoms with E-state index >= 15 is 0 Å². The standard InChI is InChI=1S/C66H50N2O2.C52H32N2O4/c1-5-65(6-2)49-25-11-9-19-39(49)47-35-61-57(37-51(47)65)67(55-27-13-15-29-59(55)69-61)53-33-31-43-42-22-18-24-46-54(34-32-44(64(42)46)41-21-17-23-45(53)63(41)43)68-56-28-14-16-30-60(56)70-62-36-48-40-20-10-12-26-50(40)66(7-3,8-4)52(48)38-58(62)68;1-29-19-21-33-37(23-29)51(53-39-13-5-9-17-45(39)57-49-25-35-31-11-3-7-15-43(31)55-47(35)27-41(49)53)34-22-20-30(2)24-38(34)52(33)54-40-14-6-10-18-46(40)58-50-26-36-32-12-4-8-16-44(32)56-48(36)28-42(50)54/h9-38H,5-8H2,1-4H3;3-28H,1-2H3. The van der Waals surface area contributed by atoms with Gasteiger partial charge in [0.2, 0.25) is 0 Å². The summed E-state index contributed by atoms with van der Waals surface area (Å²) in [6.45, 7) is 13.7. The normalized spacial score (nSPS) is 14.3. The van der Waals surface area contributed by atoms with Crippen molar-refractivity contribution in [2.45, 2.75) is 78.1 Å². The maximum Gasteiger partial charge on any atom is 0.152 e. The van der Waals surface area contributed by atoms with Crippen LogP contribution in [-0.4, -0.2) is 0 Å². The van der Waals surface area contributed by atoms with Gasteiger partial charge in [-0.05, 0) is 238 Å². The second kappa shape index (κ2) is 26.9. The van der Waals surface area contributed by atoms with E-state index in [-0.39, 0.29) is 10.8 Å². The molecule has 2 aliphatic carbocycles. The highest BCUT2D eigenvalue weighted by Gasteiger charge is 2.46. The molecule has 0 atom stereocenters. The highest BCUT2D eigenvalue weighted by molar-refractivity contribution is 6.36. The third-order valence-electron chi connectivity index (χ3n) is 29.2. The molecule has 0 saturated heterocycles. The third-order valence-corrected chi connectivity index (χ3v) is 29.2. The molecule has 0 amide bonds. The predicted molar refractivity (Wildman–Crippen MR) is 526 cm³/mol. The van der Waals surface area contributed by atoms with Crippen molar-refractivity contribution in [3.05, 3.63) is 373 Å². The number of para-hydroxylation sites is 10. The van der Waals surface area contributed by atoms with Crippen molar-refractivity contribution in [3.8, 4) is 68.2 Å². The Bertz CT molecular complexity index is 8100. The van der Waals surface area contributed by atoms with Gasteiger partial charge in [0, 0.05) is 76.8 Å². The molecular weight excluding hydrogens is 1570 g/mol. The van der Waals surface area contributed by atoms with Gasteiger partial charge in [-0.15, -0.1) is 0 Å². The second-order valence-electron chi connectivity index (χ2n) is 35.4. The molecule has 28 rings (SSSR count). The minimum Gasteiger partial charge on any atom is -0.456 e. The lowest BCUT2D eigenvalue weighted by molar-refractivity contribution is 0.472. The lowest BCUT2D eigenvalue weighted by Gasteiger charge is -2.37. The van der Waals surface area contributed by atoms with Gasteiger partial charge in [-0.25, -0.2) is 0 Å². The van der Waals surface area contributed by atoms with E-state index in [1.165, 1.54) is 87.6 Å². The predicted octanol–water partition coefficient (Wildman–Crippen LogP) is 34.6. The number of fused-ring (bicyclic) bond motifs is 24. The zero-order valence-electron chi connectivity index (χ0n) is 71.4. The molecular formula is C118H82N4O6. The Morgan fingerprint density at radius 3 is 0.945 bits per heavy atom. The van der Waals surface area contributed by atoms with Gasteiger partial charge >= 0.3 is 0 Å². The molecule has 10 heteroatoms. The summed E-state index contributed by atoms with van der Waals surface area (Å²) in [6.07, 6.45) is 4.10. The molecule has 20 aromatic carbocycles. The number of anilines is 12. The van der Waals surface area contributed by atoms with Gasteiger partial charge < -0.3 is 47.4 Å². The monoisotopic (exact) mass is 1650 g/mol. The van der Waals surface area contributed by atoms with Crippen LogP contribution >= 0.6 is 0 Å². The van der Waals surface area contributed by atoms with Crippen LogP contribution in [-0.2, 0) is 10.8 Å². The molecule has 0 unspecified atom stereocenters. The Kier molecular flexibility index (Phi) is 15.3. The summed E-state index contributed by atoms with van der Waals surface area (Å²) in [5.41, 5.74) is 28.7. The number of rotatable bonds is 8. The van der Waals surface area contributed by atoms with E-state index in [2.05, 4.69) is 352 Å². The number of furan rings is 2. The van der Waals surface area contributed by atoms with Crippen LogP contribution in [0.1, 0.15) is 86.8 Å². The van der Waals surface area contributed by atoms with Crippen molar-refractivity contribution in [1.29, 1.82) is 0 Å². The maximum absolute atomic E-state index is 6.89. The van der Waals surface area contributed by atoms with Crippen LogP contribution in [0.4, 0.5) is 68.2 Å². The average Bonchev–Trinajstić information content (AvgIpc) is 1.62. The van der Waals surface area contributed by atoms with E-state index < -0.39 is 0 Å². The Hall–Kier alpha value is -15.8. The molecule has 610 valence electrons. The van der Waals surface area contributed by atoms with Crippen LogP contribution < -0.4 is 38.5 Å². The van der Waals surface area contributed by atoms with E-state index in [1.807, 2.05) is 48.5 Å². The first kappa shape index (κ1) is 72.7. The Labute approximate surface area is 738 Å². The smallest absolute Gasteiger partial charge is 0.152 e. The van der Waals surface area contributed by atoms with Crippen LogP contribution in [0, 0.1) is 13.8 Å². The largest absolute Gasteiger partial charge is 0.456 e. The molecule has 4 aliphatic heterocycles. The fourth-order valence-corrected chi connectivity index (χ4v) is 23.3. The number of ether oxygens (including phenoxy) is 4. The zero-order valence-corrected chi connectivity index (χ0v) is 71.4. The first-order valence-corrected chi connectivity index (χ1v) is 44.9. The Morgan fingerprint density at radius 2 is 0.531 bits per heavy atom. The highest BCUT2D eigenvalue weighted by atomic mass is 16.5. The molecule has 0 spiro atoms. The summed E-state index contributed by atoms with van der Waals surface area (Å²) >= 11 is 0.